The van der Waals surface area contributed by atoms with Gasteiger partial charge in [0.05, 0.1) is 48.8 Å². The van der Waals surface area contributed by atoms with Gasteiger partial charge in [-0.3, -0.25) is 29.1 Å². The molecule has 0 fully saturated rings. The Kier molecular flexibility index (Phi) is 13.6. The van der Waals surface area contributed by atoms with Crippen molar-refractivity contribution in [1.29, 1.82) is 0 Å². The lowest BCUT2D eigenvalue weighted by Gasteiger charge is -2.22. The van der Waals surface area contributed by atoms with E-state index in [1.54, 1.807) is 58.8 Å². The second-order valence-corrected chi connectivity index (χ2v) is 19.8. The summed E-state index contributed by atoms with van der Waals surface area (Å²) >= 11 is 0. The fraction of sp³-hybridized carbons (Fsp3) is 0.314. The number of anilines is 4. The maximum Gasteiger partial charge on any atom is 0.261 e. The van der Waals surface area contributed by atoms with Gasteiger partial charge >= 0.3 is 0 Å². The van der Waals surface area contributed by atoms with Crippen LogP contribution in [-0.2, 0) is 35.6 Å². The third-order valence-corrected chi connectivity index (χ3v) is 15.2. The quantitative estimate of drug-likeness (QED) is 0.0604. The van der Waals surface area contributed by atoms with Crippen molar-refractivity contribution in [3.8, 4) is 23.0 Å². The van der Waals surface area contributed by atoms with Crippen molar-refractivity contribution in [1.82, 2.24) is 5.32 Å². The number of hydrogen-bond donors (Lipinski definition) is 3. The highest BCUT2D eigenvalue weighted by molar-refractivity contribution is 8.76. The molecule has 2 unspecified atom stereocenters. The van der Waals surface area contributed by atoms with Crippen molar-refractivity contribution in [2.24, 2.45) is 4.99 Å². The fourth-order valence-corrected chi connectivity index (χ4v) is 11.4. The highest BCUT2D eigenvalue weighted by Crippen LogP contribution is 2.43. The summed E-state index contributed by atoms with van der Waals surface area (Å²) in [5.41, 5.74) is 8.15. The predicted molar refractivity (Wildman–Crippen MR) is 265 cm³/mol. The van der Waals surface area contributed by atoms with Crippen LogP contribution in [0.3, 0.4) is 0 Å². The first-order valence-corrected chi connectivity index (χ1v) is 24.7. The molecule has 9 rings (SSSR count). The number of nitrogens with one attached hydrogen (secondary N) is 3. The van der Waals surface area contributed by atoms with Crippen LogP contribution in [0.15, 0.2) is 96.0 Å². The van der Waals surface area contributed by atoms with Crippen LogP contribution in [0, 0.1) is 0 Å². The summed E-state index contributed by atoms with van der Waals surface area (Å²) < 4.78 is 24.5. The normalized spacial score (nSPS) is 16.8. The second kappa shape index (κ2) is 20.1. The number of benzene rings is 5. The van der Waals surface area contributed by atoms with Gasteiger partial charge in [-0.2, -0.15) is 0 Å². The molecule has 14 nitrogen and oxygen atoms in total. The van der Waals surface area contributed by atoms with Gasteiger partial charge in [-0.1, -0.05) is 64.9 Å². The highest BCUT2D eigenvalue weighted by atomic mass is 33.1. The number of rotatable bonds is 17. The largest absolute Gasteiger partial charge is 0.493 e. The standard InChI is InChI=1S/C51H52N6O8S2/c1-30(67-66-15-9-14-48(58)52-2)16-49(59)55-35-18-31(28-64-46-24-40-38(22-44(46)62-3)50(60)56-36(26-53-40)20-33-10-5-7-12-42(33)56)17-32(19-35)29-65-47-25-41-39(23-45(47)63-4)51(61)57-37(27-54-41)21-34-11-6-8-13-43(34)57/h5-8,10-13,17-19,22-26,30,36-37,54H,9,14-16,20-21,27-29H2,1-4H3,(H,52,58)(H,55,59)/t30?,36-,37?/m0/s1. The van der Waals surface area contributed by atoms with Crippen molar-refractivity contribution in [2.75, 3.05) is 54.0 Å². The summed E-state index contributed by atoms with van der Waals surface area (Å²) in [5.74, 6) is 2.05. The van der Waals surface area contributed by atoms with Crippen molar-refractivity contribution in [2.45, 2.75) is 69.6 Å². The Hall–Kier alpha value is -6.65. The molecule has 5 aromatic rings. The average Bonchev–Trinajstić information content (AvgIpc) is 3.83. The van der Waals surface area contributed by atoms with Crippen LogP contribution >= 0.6 is 21.6 Å². The summed E-state index contributed by atoms with van der Waals surface area (Å²) in [6.45, 7) is 2.76. The zero-order valence-corrected chi connectivity index (χ0v) is 39.4. The van der Waals surface area contributed by atoms with Crippen molar-refractivity contribution >= 4 is 79.9 Å². The Morgan fingerprint density at radius 2 is 1.43 bits per heavy atom. The monoisotopic (exact) mass is 940 g/mol. The molecular weight excluding hydrogens is 889 g/mol. The second-order valence-electron chi connectivity index (χ2n) is 16.8. The molecule has 0 saturated carbocycles. The number of amides is 4. The first kappa shape index (κ1) is 45.5. The Bertz CT molecular complexity index is 2770. The molecule has 3 atom stereocenters. The molecule has 4 amide bonds. The van der Waals surface area contributed by atoms with Crippen molar-refractivity contribution < 1.29 is 38.1 Å². The highest BCUT2D eigenvalue weighted by Gasteiger charge is 2.39. The van der Waals surface area contributed by atoms with Crippen molar-refractivity contribution in [3.05, 3.63) is 124 Å². The molecule has 0 aromatic heterocycles. The number of carbonyl (C=O) groups excluding carboxylic acids is 4. The Morgan fingerprint density at radius 3 is 2.13 bits per heavy atom. The predicted octanol–water partition coefficient (Wildman–Crippen LogP) is 8.77. The Labute approximate surface area is 397 Å². The number of aliphatic imine (C=N–C) groups is 1. The first-order chi connectivity index (χ1) is 32.6. The lowest BCUT2D eigenvalue weighted by molar-refractivity contribution is -0.120. The SMILES string of the molecule is CNC(=O)CCCSSC(C)CC(=O)Nc1cc(COc2cc3c(cc2OC)C(=O)N2c4ccccc4C[C@H]2C=N3)cc(COc2cc3c(cc2OC)C(=O)N2c4ccccc4CC2CN3)c1. The van der Waals surface area contributed by atoms with Gasteiger partial charge in [0.2, 0.25) is 11.8 Å². The number of nitrogens with zero attached hydrogens (tertiary/aromatic N) is 3. The van der Waals surface area contributed by atoms with E-state index in [0.29, 0.717) is 70.6 Å². The van der Waals surface area contributed by atoms with E-state index >= 15 is 0 Å². The molecule has 0 aliphatic carbocycles. The molecule has 0 spiro atoms. The summed E-state index contributed by atoms with van der Waals surface area (Å²) in [6, 6.07) is 28.3. The van der Waals surface area contributed by atoms with Gasteiger partial charge in [-0.05, 0) is 77.6 Å². The van der Waals surface area contributed by atoms with E-state index in [4.69, 9.17) is 23.9 Å². The molecule has 4 aliphatic rings. The number of ether oxygens (including phenoxy) is 4. The average molecular weight is 941 g/mol. The lowest BCUT2D eigenvalue weighted by atomic mass is 10.1. The van der Waals surface area contributed by atoms with E-state index in [9.17, 15) is 19.2 Å². The van der Waals surface area contributed by atoms with Gasteiger partial charge in [0, 0.05) is 79.3 Å². The van der Waals surface area contributed by atoms with Gasteiger partial charge in [0.1, 0.15) is 13.2 Å². The van der Waals surface area contributed by atoms with Gasteiger partial charge in [0.25, 0.3) is 11.8 Å². The minimum absolute atomic E-state index is 0.0168. The first-order valence-electron chi connectivity index (χ1n) is 22.3. The lowest BCUT2D eigenvalue weighted by Crippen LogP contribution is -2.39. The smallest absolute Gasteiger partial charge is 0.261 e. The van der Waals surface area contributed by atoms with E-state index in [1.165, 1.54) is 7.11 Å². The maximum absolute atomic E-state index is 14.1. The molecule has 5 aromatic carbocycles. The minimum atomic E-state index is -0.202. The van der Waals surface area contributed by atoms with Crippen LogP contribution < -0.4 is 44.7 Å². The molecule has 4 heterocycles. The van der Waals surface area contributed by atoms with E-state index in [2.05, 4.69) is 22.0 Å². The molecule has 0 radical (unpaired) electrons. The molecule has 346 valence electrons. The van der Waals surface area contributed by atoms with Gasteiger partial charge in [0.15, 0.2) is 23.0 Å². The molecule has 3 N–H and O–H groups in total. The van der Waals surface area contributed by atoms with Crippen LogP contribution in [0.4, 0.5) is 28.4 Å². The Morgan fingerprint density at radius 1 is 0.791 bits per heavy atom. The third kappa shape index (κ3) is 9.77. The van der Waals surface area contributed by atoms with E-state index in [-0.39, 0.29) is 60.6 Å². The van der Waals surface area contributed by atoms with Crippen LogP contribution in [0.25, 0.3) is 0 Å². The molecular formula is C51H52N6O8S2. The number of para-hydroxylation sites is 2. The summed E-state index contributed by atoms with van der Waals surface area (Å²) in [4.78, 5) is 61.6. The summed E-state index contributed by atoms with van der Waals surface area (Å²) in [5, 5.41) is 9.25. The minimum Gasteiger partial charge on any atom is -0.493 e. The molecule has 16 heteroatoms. The number of fused-ring (bicyclic) bond motifs is 8. The number of hydrogen-bond acceptors (Lipinski definition) is 12. The number of methoxy groups -OCH3 is 2. The van der Waals surface area contributed by atoms with E-state index in [0.717, 1.165) is 52.2 Å². The van der Waals surface area contributed by atoms with Crippen molar-refractivity contribution in [3.63, 3.8) is 0 Å². The van der Waals surface area contributed by atoms with Crippen LogP contribution in [0.1, 0.15) is 69.2 Å². The van der Waals surface area contributed by atoms with Crippen LogP contribution in [-0.4, -0.2) is 80.7 Å². The zero-order valence-electron chi connectivity index (χ0n) is 37.8. The Balaban J connectivity index is 0.940. The molecule has 0 bridgehead atoms. The summed E-state index contributed by atoms with van der Waals surface area (Å²) in [7, 11) is 7.99. The van der Waals surface area contributed by atoms with Gasteiger partial charge in [-0.15, -0.1) is 0 Å². The third-order valence-electron chi connectivity index (χ3n) is 12.2. The molecule has 0 saturated heterocycles. The molecule has 4 aliphatic heterocycles. The fourth-order valence-electron chi connectivity index (χ4n) is 9.01. The van der Waals surface area contributed by atoms with Crippen LogP contribution in [0.5, 0.6) is 23.0 Å². The van der Waals surface area contributed by atoms with Gasteiger partial charge in [-0.25, -0.2) is 0 Å². The topological polar surface area (TPSA) is 160 Å². The number of carbonyl (C=O) groups is 4. The van der Waals surface area contributed by atoms with Crippen LogP contribution in [0.2, 0.25) is 0 Å². The zero-order chi connectivity index (χ0) is 46.6. The maximum atomic E-state index is 14.1. The molecule has 67 heavy (non-hydrogen) atoms. The van der Waals surface area contributed by atoms with Gasteiger partial charge < -0.3 is 39.8 Å². The summed E-state index contributed by atoms with van der Waals surface area (Å²) in [6.07, 6.45) is 4.76. The van der Waals surface area contributed by atoms with E-state index in [1.807, 2.05) is 84.8 Å². The van der Waals surface area contributed by atoms with E-state index < -0.39 is 0 Å².